The summed E-state index contributed by atoms with van der Waals surface area (Å²) in [7, 11) is 1.82. The van der Waals surface area contributed by atoms with Gasteiger partial charge < -0.3 is 28.7 Å². The van der Waals surface area contributed by atoms with Gasteiger partial charge in [0, 0.05) is 62.0 Å². The summed E-state index contributed by atoms with van der Waals surface area (Å²) in [4.78, 5) is 40.6. The number of carbonyl (C=O) groups is 2. The average Bonchev–Trinajstić information content (AvgIpc) is 3.86. The summed E-state index contributed by atoms with van der Waals surface area (Å²) in [5.74, 6) is -0.983. The Morgan fingerprint density at radius 3 is 2.65 bits per heavy atom. The van der Waals surface area contributed by atoms with Gasteiger partial charge in [-0.05, 0) is 93.5 Å². The van der Waals surface area contributed by atoms with Gasteiger partial charge in [-0.3, -0.25) is 9.59 Å². The van der Waals surface area contributed by atoms with E-state index in [4.69, 9.17) is 19.2 Å². The zero-order chi connectivity index (χ0) is 40.3. The molecule has 12 heteroatoms. The third-order valence-corrected chi connectivity index (χ3v) is 11.6. The van der Waals surface area contributed by atoms with Crippen LogP contribution in [0.15, 0.2) is 61.1 Å². The molecule has 0 radical (unpaired) electrons. The number of benzene rings is 3. The molecule has 2 unspecified atom stereocenters. The number of H-pyrrole nitrogens is 1. The van der Waals surface area contributed by atoms with Gasteiger partial charge in [0.25, 0.3) is 0 Å². The zero-order valence-corrected chi connectivity index (χ0v) is 33.6. The monoisotopic (exact) mass is 781 g/mol. The molecule has 3 aromatic carbocycles. The lowest BCUT2D eigenvalue weighted by molar-refractivity contribution is -0.143. The van der Waals surface area contributed by atoms with Crippen molar-refractivity contribution < 1.29 is 32.6 Å². The molecule has 7 rings (SSSR count). The fourth-order valence-electron chi connectivity index (χ4n) is 8.44. The predicted molar refractivity (Wildman–Crippen MR) is 214 cm³/mol. The zero-order valence-electron chi connectivity index (χ0n) is 33.6. The normalized spacial score (nSPS) is 20.6. The highest BCUT2D eigenvalue weighted by molar-refractivity contribution is 5.84. The van der Waals surface area contributed by atoms with Crippen LogP contribution in [0.5, 0.6) is 11.5 Å². The van der Waals surface area contributed by atoms with Crippen LogP contribution >= 0.6 is 0 Å². The molecule has 4 bridgehead atoms. The van der Waals surface area contributed by atoms with E-state index in [0.717, 1.165) is 55.3 Å². The van der Waals surface area contributed by atoms with Crippen LogP contribution in [0, 0.1) is 17.0 Å². The fraction of sp³-hybridized carbons (Fsp3) is 0.467. The van der Waals surface area contributed by atoms with E-state index in [1.54, 1.807) is 24.3 Å². The Hall–Kier alpha value is -5.10. The molecule has 10 nitrogen and oxygen atoms in total. The molecule has 2 aliphatic heterocycles. The summed E-state index contributed by atoms with van der Waals surface area (Å²) in [6.45, 7) is 9.76. The Balaban J connectivity index is 1.30. The topological polar surface area (TPSA) is 112 Å². The number of fused-ring (bicyclic) bond motifs is 8. The van der Waals surface area contributed by atoms with E-state index in [9.17, 15) is 9.59 Å². The molecule has 1 saturated heterocycles. The van der Waals surface area contributed by atoms with Crippen molar-refractivity contribution in [3.63, 3.8) is 0 Å². The minimum absolute atomic E-state index is 0.0564. The van der Waals surface area contributed by atoms with Crippen molar-refractivity contribution >= 4 is 22.9 Å². The second-order valence-electron chi connectivity index (χ2n) is 16.5. The van der Waals surface area contributed by atoms with Gasteiger partial charge in [0.1, 0.15) is 23.6 Å². The highest BCUT2D eigenvalue weighted by Gasteiger charge is 2.34. The van der Waals surface area contributed by atoms with E-state index < -0.39 is 17.0 Å². The minimum atomic E-state index is -0.616. The quantitative estimate of drug-likeness (QED) is 0.171. The third-order valence-electron chi connectivity index (χ3n) is 11.6. The van der Waals surface area contributed by atoms with Crippen LogP contribution in [-0.4, -0.2) is 63.1 Å². The molecule has 1 amide bonds. The van der Waals surface area contributed by atoms with E-state index in [-0.39, 0.29) is 59.8 Å². The number of aromatic amines is 1. The summed E-state index contributed by atoms with van der Waals surface area (Å²) in [6, 6.07) is 13.9. The van der Waals surface area contributed by atoms with E-state index in [1.807, 2.05) is 23.7 Å². The van der Waals surface area contributed by atoms with Crippen molar-refractivity contribution in [2.45, 2.75) is 104 Å². The fourth-order valence-corrected chi connectivity index (χ4v) is 8.44. The van der Waals surface area contributed by atoms with Crippen molar-refractivity contribution in [1.29, 1.82) is 0 Å². The largest absolute Gasteiger partial charge is 0.466 e. The highest BCUT2D eigenvalue weighted by Crippen LogP contribution is 2.41. The standard InChI is InChI=1S/C45H53F2N5O5/c1-6-55-40(54)19-14-29-11-9-12-30(23-29)45(4)21-10-20-44(2,3)27-51(5)38(53)18-16-32-41-36(52(28-49-41)39-13-7-8-22-56-39)25-35(47)42(32)57-31-15-17-34(46)33(24-31)43-48-26-37(45)50-43/h9,11-12,15,17,23-26,28,39H,6-8,10,13-14,16,18-22,27H2,1-5H3,(H,48,50). The van der Waals surface area contributed by atoms with E-state index in [2.05, 4.69) is 42.9 Å². The first-order valence-electron chi connectivity index (χ1n) is 20.2. The first kappa shape index (κ1) is 40.1. The first-order valence-corrected chi connectivity index (χ1v) is 20.2. The van der Waals surface area contributed by atoms with Crippen molar-refractivity contribution in [2.75, 3.05) is 26.8 Å². The third kappa shape index (κ3) is 8.76. The van der Waals surface area contributed by atoms with Crippen LogP contribution in [0.3, 0.4) is 0 Å². The Morgan fingerprint density at radius 1 is 1.02 bits per heavy atom. The molecule has 4 heterocycles. The van der Waals surface area contributed by atoms with Gasteiger partial charge in [0.05, 0.1) is 29.5 Å². The van der Waals surface area contributed by atoms with E-state index in [0.29, 0.717) is 48.6 Å². The van der Waals surface area contributed by atoms with Crippen molar-refractivity contribution in [1.82, 2.24) is 24.4 Å². The Kier molecular flexibility index (Phi) is 11.8. The number of nitrogens with zero attached hydrogens (tertiary/aromatic N) is 4. The number of halogens is 2. The van der Waals surface area contributed by atoms with Gasteiger partial charge in [0.15, 0.2) is 11.6 Å². The lowest BCUT2D eigenvalue weighted by atomic mass is 9.73. The molecule has 302 valence electrons. The second-order valence-corrected chi connectivity index (χ2v) is 16.5. The van der Waals surface area contributed by atoms with Crippen molar-refractivity contribution in [3.05, 3.63) is 95.1 Å². The van der Waals surface area contributed by atoms with Crippen LogP contribution < -0.4 is 4.74 Å². The van der Waals surface area contributed by atoms with Crippen LogP contribution in [0.1, 0.15) is 108 Å². The molecule has 5 aromatic rings. The minimum Gasteiger partial charge on any atom is -0.466 e. The number of hydrogen-bond donors (Lipinski definition) is 1. The number of esters is 1. The summed E-state index contributed by atoms with van der Waals surface area (Å²) >= 11 is 0. The summed E-state index contributed by atoms with van der Waals surface area (Å²) in [5, 5.41) is 0. The predicted octanol–water partition coefficient (Wildman–Crippen LogP) is 9.60. The molecule has 1 N–H and O–H groups in total. The summed E-state index contributed by atoms with van der Waals surface area (Å²) in [5.41, 5.74) is 3.77. The average molecular weight is 782 g/mol. The number of aryl methyl sites for hydroxylation is 2. The van der Waals surface area contributed by atoms with Crippen molar-refractivity contribution in [3.8, 4) is 22.9 Å². The van der Waals surface area contributed by atoms with Gasteiger partial charge in [-0.25, -0.2) is 18.7 Å². The van der Waals surface area contributed by atoms with E-state index >= 15 is 8.78 Å². The molecular weight excluding hydrogens is 729 g/mol. The molecule has 2 aliphatic rings. The SMILES string of the molecule is CCOC(=O)CCc1cccc(C2(C)CCCC(C)(C)CN(C)C(=O)CCc3c(c(F)cc4c3ncn4C3CCCCO3)Oc3ccc(F)c(c3)-c3ncc2[nH]3)c1. The van der Waals surface area contributed by atoms with Crippen LogP contribution in [0.4, 0.5) is 8.78 Å². The maximum Gasteiger partial charge on any atom is 0.306 e. The van der Waals surface area contributed by atoms with Gasteiger partial charge in [-0.2, -0.15) is 0 Å². The number of rotatable bonds is 6. The lowest BCUT2D eigenvalue weighted by Crippen LogP contribution is -2.36. The molecular formula is C45H53F2N5O5. The number of imidazole rings is 2. The van der Waals surface area contributed by atoms with E-state index in [1.165, 1.54) is 24.3 Å². The first-order chi connectivity index (χ1) is 27.3. The molecule has 57 heavy (non-hydrogen) atoms. The molecule has 0 spiro atoms. The number of ether oxygens (including phenoxy) is 3. The number of hydrogen-bond acceptors (Lipinski definition) is 7. The maximum absolute atomic E-state index is 16.4. The summed E-state index contributed by atoms with van der Waals surface area (Å²) in [6.07, 6.45) is 9.39. The number of nitrogens with one attached hydrogen (secondary N) is 1. The molecule has 2 atom stereocenters. The summed E-state index contributed by atoms with van der Waals surface area (Å²) < 4.78 is 51.5. The van der Waals surface area contributed by atoms with Gasteiger partial charge >= 0.3 is 5.97 Å². The Bertz CT molecular complexity index is 2240. The molecule has 1 fully saturated rings. The van der Waals surface area contributed by atoms with Gasteiger partial charge in [0.2, 0.25) is 5.91 Å². The molecule has 0 saturated carbocycles. The van der Waals surface area contributed by atoms with Crippen LogP contribution in [0.25, 0.3) is 22.4 Å². The number of amides is 1. The maximum atomic E-state index is 16.4. The van der Waals surface area contributed by atoms with Gasteiger partial charge in [-0.1, -0.05) is 44.5 Å². The number of carbonyl (C=O) groups excluding carboxylic acids is 2. The van der Waals surface area contributed by atoms with Crippen LogP contribution in [0.2, 0.25) is 0 Å². The van der Waals surface area contributed by atoms with Gasteiger partial charge in [-0.15, -0.1) is 0 Å². The second kappa shape index (κ2) is 16.8. The highest BCUT2D eigenvalue weighted by atomic mass is 19.1. The Labute approximate surface area is 332 Å². The van der Waals surface area contributed by atoms with Crippen molar-refractivity contribution in [2.24, 2.45) is 5.41 Å². The number of aromatic nitrogens is 4. The molecule has 2 aromatic heterocycles. The van der Waals surface area contributed by atoms with Crippen LogP contribution in [-0.2, 0) is 37.3 Å². The molecule has 0 aliphatic carbocycles. The Morgan fingerprint density at radius 2 is 1.86 bits per heavy atom. The smallest absolute Gasteiger partial charge is 0.306 e. The lowest BCUT2D eigenvalue weighted by Gasteiger charge is -2.34.